The summed E-state index contributed by atoms with van der Waals surface area (Å²) in [4.78, 5) is 38.2. The summed E-state index contributed by atoms with van der Waals surface area (Å²) in [5, 5.41) is 20.1. The molecule has 0 spiro atoms. The summed E-state index contributed by atoms with van der Waals surface area (Å²) in [5.41, 5.74) is 3.55. The van der Waals surface area contributed by atoms with Crippen LogP contribution in [0, 0.1) is 0 Å². The van der Waals surface area contributed by atoms with E-state index in [4.69, 9.17) is 4.74 Å². The molecule has 0 radical (unpaired) electrons. The van der Waals surface area contributed by atoms with E-state index in [9.17, 15) is 19.5 Å². The Kier molecular flexibility index (Phi) is 6.04. The summed E-state index contributed by atoms with van der Waals surface area (Å²) in [7, 11) is 0. The fourth-order valence-corrected chi connectivity index (χ4v) is 4.44. The number of carbonyl (C=O) groups excluding carboxylic acids is 3. The summed E-state index contributed by atoms with van der Waals surface area (Å²) >= 11 is 0. The van der Waals surface area contributed by atoms with E-state index in [2.05, 4.69) is 15.6 Å². The fraction of sp³-hybridized carbons (Fsp3) is 0.320. The molecule has 2 aliphatic heterocycles. The van der Waals surface area contributed by atoms with Crippen molar-refractivity contribution in [2.45, 2.75) is 51.5 Å². The van der Waals surface area contributed by atoms with E-state index in [-0.39, 0.29) is 30.9 Å². The highest BCUT2D eigenvalue weighted by Crippen LogP contribution is 2.30. The molecule has 0 aliphatic carbocycles. The van der Waals surface area contributed by atoms with Gasteiger partial charge in [-0.05, 0) is 54.3 Å². The van der Waals surface area contributed by atoms with Gasteiger partial charge in [0.1, 0.15) is 23.6 Å². The van der Waals surface area contributed by atoms with E-state index in [1.165, 1.54) is 4.90 Å². The number of rotatable bonds is 7. The molecule has 35 heavy (non-hydrogen) atoms. The number of hydrogen-bond donors (Lipinski definition) is 2. The van der Waals surface area contributed by atoms with Crippen LogP contribution in [0.3, 0.4) is 0 Å². The third-order valence-corrected chi connectivity index (χ3v) is 6.37. The van der Waals surface area contributed by atoms with Gasteiger partial charge in [0.15, 0.2) is 0 Å². The lowest BCUT2D eigenvalue weighted by Gasteiger charge is -2.29. The smallest absolute Gasteiger partial charge is 0.255 e. The molecule has 10 nitrogen and oxygen atoms in total. The Morgan fingerprint density at radius 2 is 1.97 bits per heavy atom. The highest BCUT2D eigenvalue weighted by molar-refractivity contribution is 6.05. The Labute approximate surface area is 201 Å². The van der Waals surface area contributed by atoms with E-state index in [1.807, 2.05) is 37.3 Å². The molecule has 5 rings (SSSR count). The lowest BCUT2D eigenvalue weighted by molar-refractivity contribution is -0.136. The van der Waals surface area contributed by atoms with Crippen LogP contribution in [0.2, 0.25) is 0 Å². The molecule has 3 aromatic rings. The number of aromatic nitrogens is 3. The van der Waals surface area contributed by atoms with Crippen LogP contribution < -0.4 is 10.1 Å². The van der Waals surface area contributed by atoms with Crippen LogP contribution in [0.25, 0.3) is 5.69 Å². The maximum Gasteiger partial charge on any atom is 0.255 e. The van der Waals surface area contributed by atoms with Gasteiger partial charge in [0.25, 0.3) is 5.91 Å². The molecule has 2 aromatic carbocycles. The number of piperidine rings is 1. The van der Waals surface area contributed by atoms with Gasteiger partial charge in [-0.15, -0.1) is 5.10 Å². The monoisotopic (exact) mass is 475 g/mol. The number of hydrogen-bond acceptors (Lipinski definition) is 7. The second-order valence-electron chi connectivity index (χ2n) is 8.65. The summed E-state index contributed by atoms with van der Waals surface area (Å²) < 4.78 is 7.71. The molecule has 3 heterocycles. The van der Waals surface area contributed by atoms with Crippen molar-refractivity contribution in [3.63, 3.8) is 0 Å². The molecule has 10 heteroatoms. The second-order valence-corrected chi connectivity index (χ2v) is 8.65. The predicted molar refractivity (Wildman–Crippen MR) is 123 cm³/mol. The number of ether oxygens (including phenoxy) is 1. The molecule has 1 fully saturated rings. The minimum atomic E-state index is -0.650. The van der Waals surface area contributed by atoms with Gasteiger partial charge in [-0.25, -0.2) is 4.68 Å². The van der Waals surface area contributed by atoms with Crippen LogP contribution in [0.1, 0.15) is 59.5 Å². The van der Waals surface area contributed by atoms with Crippen LogP contribution in [0.15, 0.2) is 48.7 Å². The third kappa shape index (κ3) is 4.40. The number of benzene rings is 2. The Bertz CT molecular complexity index is 1290. The van der Waals surface area contributed by atoms with Crippen molar-refractivity contribution in [1.82, 2.24) is 25.2 Å². The maximum absolute atomic E-state index is 12.9. The van der Waals surface area contributed by atoms with Crippen molar-refractivity contribution in [2.75, 3.05) is 0 Å². The zero-order valence-corrected chi connectivity index (χ0v) is 19.2. The summed E-state index contributed by atoms with van der Waals surface area (Å²) in [5.74, 6) is -0.281. The van der Waals surface area contributed by atoms with Gasteiger partial charge in [-0.3, -0.25) is 19.7 Å². The SMILES string of the molecule is CCC(Oc1ccc(CO)cc1)c1cn(-c2ccc3c(c2)CN(C2CCC(=O)NC2=O)C3=O)nn1. The summed E-state index contributed by atoms with van der Waals surface area (Å²) in [6, 6.07) is 12.0. The molecule has 3 amide bonds. The largest absolute Gasteiger partial charge is 0.484 e. The van der Waals surface area contributed by atoms with Crippen molar-refractivity contribution in [2.24, 2.45) is 0 Å². The van der Waals surface area contributed by atoms with Crippen molar-refractivity contribution in [1.29, 1.82) is 0 Å². The van der Waals surface area contributed by atoms with Crippen molar-refractivity contribution in [3.8, 4) is 11.4 Å². The van der Waals surface area contributed by atoms with Crippen molar-refractivity contribution in [3.05, 3.63) is 71.0 Å². The first-order chi connectivity index (χ1) is 17.0. The molecule has 0 saturated carbocycles. The van der Waals surface area contributed by atoms with E-state index >= 15 is 0 Å². The predicted octanol–water partition coefficient (Wildman–Crippen LogP) is 2.05. The normalized spacial score (nSPS) is 18.4. The van der Waals surface area contributed by atoms with E-state index < -0.39 is 11.9 Å². The molecule has 0 bridgehead atoms. The minimum Gasteiger partial charge on any atom is -0.484 e. The Morgan fingerprint density at radius 1 is 1.17 bits per heavy atom. The number of aliphatic hydroxyl groups is 1. The number of amides is 3. The summed E-state index contributed by atoms with van der Waals surface area (Å²) in [6.07, 6.45) is 2.72. The average Bonchev–Trinajstić information content (AvgIpc) is 3.48. The molecular weight excluding hydrogens is 450 g/mol. The highest BCUT2D eigenvalue weighted by atomic mass is 16.5. The summed E-state index contributed by atoms with van der Waals surface area (Å²) in [6.45, 7) is 2.26. The molecule has 180 valence electrons. The number of nitrogens with one attached hydrogen (secondary N) is 1. The zero-order chi connectivity index (χ0) is 24.5. The molecule has 1 aromatic heterocycles. The molecule has 2 aliphatic rings. The number of fused-ring (bicyclic) bond motifs is 1. The van der Waals surface area contributed by atoms with Gasteiger partial charge in [-0.1, -0.05) is 24.3 Å². The van der Waals surface area contributed by atoms with Crippen molar-refractivity contribution < 1.29 is 24.2 Å². The first-order valence-corrected chi connectivity index (χ1v) is 11.5. The van der Waals surface area contributed by atoms with Gasteiger partial charge in [-0.2, -0.15) is 0 Å². The van der Waals surface area contributed by atoms with Crippen LogP contribution >= 0.6 is 0 Å². The third-order valence-electron chi connectivity index (χ3n) is 6.37. The zero-order valence-electron chi connectivity index (χ0n) is 19.2. The number of aliphatic hydroxyl groups excluding tert-OH is 1. The lowest BCUT2D eigenvalue weighted by atomic mass is 10.0. The van der Waals surface area contributed by atoms with Gasteiger partial charge in [0.2, 0.25) is 11.8 Å². The van der Waals surface area contributed by atoms with Gasteiger partial charge >= 0.3 is 0 Å². The van der Waals surface area contributed by atoms with E-state index in [0.29, 0.717) is 36.4 Å². The first-order valence-electron chi connectivity index (χ1n) is 11.5. The second kappa shape index (κ2) is 9.30. The Morgan fingerprint density at radius 3 is 2.69 bits per heavy atom. The topological polar surface area (TPSA) is 127 Å². The van der Waals surface area contributed by atoms with E-state index in [1.54, 1.807) is 23.0 Å². The van der Waals surface area contributed by atoms with E-state index in [0.717, 1.165) is 16.8 Å². The minimum absolute atomic E-state index is 0.0243. The van der Waals surface area contributed by atoms with Crippen LogP contribution in [0.4, 0.5) is 0 Å². The first kappa shape index (κ1) is 22.7. The van der Waals surface area contributed by atoms with Crippen LogP contribution in [-0.2, 0) is 22.7 Å². The van der Waals surface area contributed by atoms with Crippen molar-refractivity contribution >= 4 is 17.7 Å². The van der Waals surface area contributed by atoms with Gasteiger partial charge in [0, 0.05) is 18.5 Å². The van der Waals surface area contributed by atoms with Gasteiger partial charge < -0.3 is 14.7 Å². The number of imide groups is 1. The molecule has 2 N–H and O–H groups in total. The number of carbonyl (C=O) groups is 3. The molecule has 2 atom stereocenters. The quantitative estimate of drug-likeness (QED) is 0.501. The van der Waals surface area contributed by atoms with Crippen LogP contribution in [-0.4, -0.2) is 48.8 Å². The molecule has 2 unspecified atom stereocenters. The van der Waals surface area contributed by atoms with Gasteiger partial charge in [0.05, 0.1) is 18.5 Å². The Balaban J connectivity index is 1.33. The van der Waals surface area contributed by atoms with Crippen LogP contribution in [0.5, 0.6) is 5.75 Å². The highest BCUT2D eigenvalue weighted by Gasteiger charge is 2.39. The standard InChI is InChI=1S/C25H25N5O5/c1-2-22(35-18-6-3-15(14-31)4-7-18)20-13-30(28-27-20)17-5-8-19-16(11-17)12-29(25(19)34)21-9-10-23(32)26-24(21)33/h3-8,11,13,21-22,31H,2,9-10,12,14H2,1H3,(H,26,32,33). The maximum atomic E-state index is 12.9. The molecular formula is C25H25N5O5. The Hall–Kier alpha value is -4.05. The average molecular weight is 476 g/mol. The number of nitrogens with zero attached hydrogens (tertiary/aromatic N) is 4. The lowest BCUT2D eigenvalue weighted by Crippen LogP contribution is -2.52. The fourth-order valence-electron chi connectivity index (χ4n) is 4.44. The molecule has 1 saturated heterocycles.